The number of hydrogen-bond acceptors (Lipinski definition) is 0. The Balaban J connectivity index is 0.00000338. The predicted octanol–water partition coefficient (Wildman–Crippen LogP) is 3.89. The number of unbranched alkanes of at least 4 members (excludes halogenated alkanes) is 11. The normalized spacial score (nSPS) is 19.0. The Morgan fingerprint density at radius 2 is 1.23 bits per heavy atom. The van der Waals surface area contributed by atoms with Gasteiger partial charge in [-0.2, -0.15) is 0 Å². The van der Waals surface area contributed by atoms with E-state index in [2.05, 4.69) is 38.2 Å². The number of quaternary nitrogens is 1. The molecule has 1 atom stereocenters. The summed E-state index contributed by atoms with van der Waals surface area (Å²) < 4.78 is 1.26. The van der Waals surface area contributed by atoms with E-state index in [1.54, 1.807) is 11.1 Å². The van der Waals surface area contributed by atoms with Gasteiger partial charge in [0.15, 0.2) is 0 Å². The minimum Gasteiger partial charge on any atom is -1.00 e. The molecule has 150 valence electrons. The lowest BCUT2D eigenvalue weighted by atomic mass is 9.97. The summed E-state index contributed by atoms with van der Waals surface area (Å²) in [7, 11) is 2.47. The first-order chi connectivity index (χ1) is 12.2. The molecular formula is C24H42IN. The molecule has 0 aliphatic carbocycles. The Kier molecular flexibility index (Phi) is 12.9. The van der Waals surface area contributed by atoms with Gasteiger partial charge in [0.2, 0.25) is 0 Å². The van der Waals surface area contributed by atoms with Crippen molar-refractivity contribution in [3.63, 3.8) is 0 Å². The molecule has 0 amide bonds. The van der Waals surface area contributed by atoms with Crippen LogP contribution in [0.1, 0.15) is 95.1 Å². The van der Waals surface area contributed by atoms with E-state index in [0.29, 0.717) is 0 Å². The molecule has 0 bridgehead atoms. The van der Waals surface area contributed by atoms with Crippen LogP contribution in [0.25, 0.3) is 0 Å². The Morgan fingerprint density at radius 3 is 1.81 bits per heavy atom. The van der Waals surface area contributed by atoms with Gasteiger partial charge in [-0.05, 0) is 18.4 Å². The van der Waals surface area contributed by atoms with Crippen molar-refractivity contribution in [2.45, 2.75) is 96.9 Å². The third-order valence-corrected chi connectivity index (χ3v) is 6.14. The van der Waals surface area contributed by atoms with E-state index in [4.69, 9.17) is 0 Å². The van der Waals surface area contributed by atoms with E-state index >= 15 is 0 Å². The molecule has 2 heteroatoms. The van der Waals surface area contributed by atoms with E-state index in [0.717, 1.165) is 0 Å². The molecule has 1 aromatic carbocycles. The van der Waals surface area contributed by atoms with Crippen molar-refractivity contribution in [3.8, 4) is 0 Å². The summed E-state index contributed by atoms with van der Waals surface area (Å²) in [5.41, 5.74) is 3.18. The molecule has 0 radical (unpaired) electrons. The van der Waals surface area contributed by atoms with E-state index in [1.165, 1.54) is 108 Å². The Bertz CT molecular complexity index is 473. The average Bonchev–Trinajstić information content (AvgIpc) is 2.62. The summed E-state index contributed by atoms with van der Waals surface area (Å²) in [6.07, 6.45) is 18.6. The standard InChI is InChI=1S/C24H42N.HI/c1-3-4-5-6-7-8-9-10-11-12-13-16-20-25(2)21-19-23-17-14-15-18-24(23)22-25;/h14-15,17-18H,3-13,16,19-22H2,1-2H3;1H/q+1;/p-1. The van der Waals surface area contributed by atoms with Gasteiger partial charge in [-0.25, -0.2) is 0 Å². The molecule has 2 rings (SSSR count). The molecule has 0 spiro atoms. The maximum absolute atomic E-state index is 2.47. The third-order valence-electron chi connectivity index (χ3n) is 6.14. The van der Waals surface area contributed by atoms with Gasteiger partial charge in [0.1, 0.15) is 6.54 Å². The first-order valence-electron chi connectivity index (χ1n) is 11.1. The zero-order valence-corrected chi connectivity index (χ0v) is 19.6. The topological polar surface area (TPSA) is 0 Å². The quantitative estimate of drug-likeness (QED) is 0.233. The summed E-state index contributed by atoms with van der Waals surface area (Å²) in [5, 5.41) is 0. The number of benzene rings is 1. The molecule has 0 saturated carbocycles. The van der Waals surface area contributed by atoms with Crippen LogP contribution in [0, 0.1) is 0 Å². The van der Waals surface area contributed by atoms with Gasteiger partial charge in [-0.1, -0.05) is 95.4 Å². The summed E-state index contributed by atoms with van der Waals surface area (Å²) in [4.78, 5) is 0. The van der Waals surface area contributed by atoms with Crippen LogP contribution in [0.15, 0.2) is 24.3 Å². The van der Waals surface area contributed by atoms with Crippen LogP contribution in [0.4, 0.5) is 0 Å². The Labute approximate surface area is 180 Å². The second-order valence-corrected chi connectivity index (χ2v) is 8.63. The number of nitrogens with zero attached hydrogens (tertiary/aromatic N) is 1. The largest absolute Gasteiger partial charge is 1.00 e. The van der Waals surface area contributed by atoms with E-state index in [-0.39, 0.29) is 24.0 Å². The molecule has 1 heterocycles. The van der Waals surface area contributed by atoms with Gasteiger partial charge in [0, 0.05) is 12.0 Å². The SMILES string of the molecule is CCCCCCCCCCCCCC[N+]1(C)CCc2ccccc2C1.[I-]. The molecule has 1 nitrogen and oxygen atoms in total. The fourth-order valence-electron chi connectivity index (χ4n) is 4.36. The van der Waals surface area contributed by atoms with Crippen molar-refractivity contribution in [1.82, 2.24) is 0 Å². The summed E-state index contributed by atoms with van der Waals surface area (Å²) in [5.74, 6) is 0. The number of fused-ring (bicyclic) bond motifs is 1. The molecule has 0 N–H and O–H groups in total. The summed E-state index contributed by atoms with van der Waals surface area (Å²) in [6, 6.07) is 9.06. The number of rotatable bonds is 13. The highest BCUT2D eigenvalue weighted by atomic mass is 127. The van der Waals surface area contributed by atoms with Gasteiger partial charge in [0.05, 0.1) is 20.1 Å². The molecule has 1 aliphatic heterocycles. The average molecular weight is 472 g/mol. The molecule has 1 aliphatic rings. The lowest BCUT2D eigenvalue weighted by Crippen LogP contribution is -3.00. The Morgan fingerprint density at radius 1 is 0.731 bits per heavy atom. The molecular weight excluding hydrogens is 429 g/mol. The Hall–Kier alpha value is -0.0900. The second kappa shape index (κ2) is 14.0. The predicted molar refractivity (Wildman–Crippen MR) is 111 cm³/mol. The van der Waals surface area contributed by atoms with E-state index in [1.807, 2.05) is 0 Å². The van der Waals surface area contributed by atoms with Crippen molar-refractivity contribution in [1.29, 1.82) is 0 Å². The molecule has 1 unspecified atom stereocenters. The maximum atomic E-state index is 2.47. The van der Waals surface area contributed by atoms with E-state index < -0.39 is 0 Å². The fraction of sp³-hybridized carbons (Fsp3) is 0.750. The minimum absolute atomic E-state index is 0. The van der Waals surface area contributed by atoms with Crippen LogP contribution in [-0.4, -0.2) is 24.6 Å². The zero-order chi connectivity index (χ0) is 17.8. The minimum atomic E-state index is 0. The first-order valence-corrected chi connectivity index (χ1v) is 11.1. The van der Waals surface area contributed by atoms with Gasteiger partial charge >= 0.3 is 0 Å². The molecule has 26 heavy (non-hydrogen) atoms. The van der Waals surface area contributed by atoms with Crippen LogP contribution in [0.2, 0.25) is 0 Å². The lowest BCUT2D eigenvalue weighted by Gasteiger charge is -2.38. The molecule has 0 aromatic heterocycles. The van der Waals surface area contributed by atoms with Crippen LogP contribution in [-0.2, 0) is 13.0 Å². The van der Waals surface area contributed by atoms with Crippen LogP contribution in [0.5, 0.6) is 0 Å². The smallest absolute Gasteiger partial charge is 0.104 e. The fourth-order valence-corrected chi connectivity index (χ4v) is 4.36. The van der Waals surface area contributed by atoms with Gasteiger partial charge in [-0.15, -0.1) is 0 Å². The number of halogens is 1. The number of likely N-dealkylation sites (N-methyl/N-ethyl adjacent to an activating group) is 1. The maximum Gasteiger partial charge on any atom is 0.104 e. The van der Waals surface area contributed by atoms with Crippen molar-refractivity contribution >= 4 is 0 Å². The number of hydrogen-bond donors (Lipinski definition) is 0. The zero-order valence-electron chi connectivity index (χ0n) is 17.4. The molecule has 1 aromatic rings. The van der Waals surface area contributed by atoms with Gasteiger partial charge < -0.3 is 28.5 Å². The van der Waals surface area contributed by atoms with Crippen molar-refractivity contribution in [2.24, 2.45) is 0 Å². The first kappa shape index (κ1) is 23.9. The van der Waals surface area contributed by atoms with Crippen molar-refractivity contribution in [3.05, 3.63) is 35.4 Å². The molecule has 0 saturated heterocycles. The van der Waals surface area contributed by atoms with Crippen molar-refractivity contribution < 1.29 is 28.5 Å². The van der Waals surface area contributed by atoms with Crippen molar-refractivity contribution in [2.75, 3.05) is 20.1 Å². The van der Waals surface area contributed by atoms with Gasteiger partial charge in [0.25, 0.3) is 0 Å². The van der Waals surface area contributed by atoms with Gasteiger partial charge in [-0.3, -0.25) is 0 Å². The lowest BCUT2D eigenvalue weighted by molar-refractivity contribution is -0.924. The highest BCUT2D eigenvalue weighted by Crippen LogP contribution is 2.24. The third kappa shape index (κ3) is 9.21. The highest BCUT2D eigenvalue weighted by molar-refractivity contribution is 5.27. The highest BCUT2D eigenvalue weighted by Gasteiger charge is 2.27. The van der Waals surface area contributed by atoms with E-state index in [9.17, 15) is 0 Å². The molecule has 0 fully saturated rings. The summed E-state index contributed by atoms with van der Waals surface area (Å²) >= 11 is 0. The van der Waals surface area contributed by atoms with Crippen LogP contribution >= 0.6 is 0 Å². The van der Waals surface area contributed by atoms with Crippen LogP contribution < -0.4 is 24.0 Å². The second-order valence-electron chi connectivity index (χ2n) is 8.63. The monoisotopic (exact) mass is 471 g/mol. The summed E-state index contributed by atoms with van der Waals surface area (Å²) in [6.45, 7) is 6.24. The van der Waals surface area contributed by atoms with Crippen LogP contribution in [0.3, 0.4) is 0 Å².